The zero-order chi connectivity index (χ0) is 14.1. The second kappa shape index (κ2) is 5.10. The lowest BCUT2D eigenvalue weighted by molar-refractivity contribution is 0.414. The van der Waals surface area contributed by atoms with Crippen molar-refractivity contribution < 1.29 is 4.74 Å². The predicted octanol–water partition coefficient (Wildman–Crippen LogP) is 3.93. The van der Waals surface area contributed by atoms with Gasteiger partial charge >= 0.3 is 0 Å². The van der Waals surface area contributed by atoms with E-state index in [0.29, 0.717) is 12.2 Å². The smallest absolute Gasteiger partial charge is 0.121 e. The Morgan fingerprint density at radius 2 is 2.00 bits per heavy atom. The molecule has 1 aromatic heterocycles. The van der Waals surface area contributed by atoms with E-state index in [-0.39, 0.29) is 0 Å². The number of nitrogens with zero attached hydrogens (tertiary/aromatic N) is 1. The van der Waals surface area contributed by atoms with Gasteiger partial charge in [-0.3, -0.25) is 0 Å². The molecule has 3 nitrogen and oxygen atoms in total. The topological polar surface area (TPSA) is 40.2 Å². The number of nitrogen functional groups attached to an aromatic ring is 1. The molecule has 2 aromatic carbocycles. The summed E-state index contributed by atoms with van der Waals surface area (Å²) in [6.07, 6.45) is 1.95. The van der Waals surface area contributed by atoms with Crippen LogP contribution in [0.5, 0.6) is 5.75 Å². The van der Waals surface area contributed by atoms with E-state index in [0.717, 1.165) is 27.2 Å². The van der Waals surface area contributed by atoms with Crippen molar-refractivity contribution in [1.82, 2.24) is 4.57 Å². The Hall–Kier alpha value is -2.13. The van der Waals surface area contributed by atoms with E-state index < -0.39 is 0 Å². The Labute approximate surface area is 122 Å². The van der Waals surface area contributed by atoms with Gasteiger partial charge in [-0.2, -0.15) is 0 Å². The number of anilines is 1. The molecule has 0 aliphatic rings. The Morgan fingerprint density at radius 3 is 2.80 bits per heavy atom. The highest BCUT2D eigenvalue weighted by Crippen LogP contribution is 2.27. The van der Waals surface area contributed by atoms with Crippen molar-refractivity contribution in [2.75, 3.05) is 12.8 Å². The summed E-state index contributed by atoms with van der Waals surface area (Å²) < 4.78 is 7.37. The SMILES string of the molecule is COc1cc(N)cc(Cn2cc(Cl)c3ccccc32)c1. The first-order valence-corrected chi connectivity index (χ1v) is 6.72. The predicted molar refractivity (Wildman–Crippen MR) is 83.5 cm³/mol. The van der Waals surface area contributed by atoms with E-state index >= 15 is 0 Å². The Balaban J connectivity index is 2.03. The van der Waals surface area contributed by atoms with Crippen LogP contribution in [0.25, 0.3) is 10.9 Å². The molecule has 0 saturated carbocycles. The lowest BCUT2D eigenvalue weighted by Crippen LogP contribution is -1.99. The number of nitrogens with two attached hydrogens (primary N) is 1. The third-order valence-corrected chi connectivity index (χ3v) is 3.62. The molecule has 0 atom stereocenters. The number of hydrogen-bond acceptors (Lipinski definition) is 2. The number of halogens is 1. The van der Waals surface area contributed by atoms with Gasteiger partial charge in [0, 0.05) is 35.4 Å². The van der Waals surface area contributed by atoms with E-state index in [1.165, 1.54) is 0 Å². The van der Waals surface area contributed by atoms with Crippen LogP contribution in [-0.4, -0.2) is 11.7 Å². The van der Waals surface area contributed by atoms with Crippen LogP contribution in [0.15, 0.2) is 48.7 Å². The van der Waals surface area contributed by atoms with Crippen LogP contribution < -0.4 is 10.5 Å². The molecule has 3 rings (SSSR count). The number of hydrogen-bond donors (Lipinski definition) is 1. The number of benzene rings is 2. The van der Waals surface area contributed by atoms with E-state index in [2.05, 4.69) is 10.6 Å². The molecule has 0 spiro atoms. The molecule has 20 heavy (non-hydrogen) atoms. The molecule has 0 unspecified atom stereocenters. The lowest BCUT2D eigenvalue weighted by atomic mass is 10.2. The minimum Gasteiger partial charge on any atom is -0.497 e. The summed E-state index contributed by atoms with van der Waals surface area (Å²) >= 11 is 6.26. The van der Waals surface area contributed by atoms with E-state index in [1.807, 2.05) is 42.6 Å². The molecule has 2 N–H and O–H groups in total. The van der Waals surface area contributed by atoms with Crippen LogP contribution in [0.3, 0.4) is 0 Å². The molecule has 0 bridgehead atoms. The molecule has 0 saturated heterocycles. The minimum absolute atomic E-state index is 0.696. The highest BCUT2D eigenvalue weighted by molar-refractivity contribution is 6.35. The van der Waals surface area contributed by atoms with Crippen molar-refractivity contribution in [3.63, 3.8) is 0 Å². The summed E-state index contributed by atoms with van der Waals surface area (Å²) in [5.41, 5.74) is 8.78. The maximum atomic E-state index is 6.26. The molecule has 1 heterocycles. The van der Waals surface area contributed by atoms with Crippen molar-refractivity contribution in [3.05, 3.63) is 59.2 Å². The normalized spacial score (nSPS) is 10.9. The fourth-order valence-corrected chi connectivity index (χ4v) is 2.70. The molecule has 0 aliphatic heterocycles. The summed E-state index contributed by atoms with van der Waals surface area (Å²) in [4.78, 5) is 0. The van der Waals surface area contributed by atoms with Crippen LogP contribution in [-0.2, 0) is 6.54 Å². The number of rotatable bonds is 3. The number of para-hydroxylation sites is 1. The van der Waals surface area contributed by atoms with Crippen LogP contribution in [0.1, 0.15) is 5.56 Å². The van der Waals surface area contributed by atoms with Gasteiger partial charge in [0.1, 0.15) is 5.75 Å². The average molecular weight is 287 g/mol. The van der Waals surface area contributed by atoms with Gasteiger partial charge in [-0.25, -0.2) is 0 Å². The maximum absolute atomic E-state index is 6.26. The summed E-state index contributed by atoms with van der Waals surface area (Å²) in [5, 5.41) is 1.82. The van der Waals surface area contributed by atoms with Gasteiger partial charge in [0.25, 0.3) is 0 Å². The molecular formula is C16H15ClN2O. The minimum atomic E-state index is 0.696. The Bertz CT molecular complexity index is 764. The molecule has 102 valence electrons. The number of aromatic nitrogens is 1. The van der Waals surface area contributed by atoms with Gasteiger partial charge in [0.05, 0.1) is 12.1 Å². The molecule has 0 radical (unpaired) electrons. The third-order valence-electron chi connectivity index (χ3n) is 3.32. The molecule has 0 aliphatic carbocycles. The average Bonchev–Trinajstić information content (AvgIpc) is 2.75. The van der Waals surface area contributed by atoms with E-state index in [1.54, 1.807) is 7.11 Å². The van der Waals surface area contributed by atoms with Crippen LogP contribution in [0.2, 0.25) is 5.02 Å². The maximum Gasteiger partial charge on any atom is 0.121 e. The second-order valence-electron chi connectivity index (χ2n) is 4.74. The molecule has 0 amide bonds. The van der Waals surface area contributed by atoms with Crippen molar-refractivity contribution in [2.45, 2.75) is 6.54 Å². The first-order valence-electron chi connectivity index (χ1n) is 6.34. The Kier molecular flexibility index (Phi) is 3.28. The summed E-state index contributed by atoms with van der Waals surface area (Å²) in [7, 11) is 1.64. The number of ether oxygens (including phenoxy) is 1. The van der Waals surface area contributed by atoms with Gasteiger partial charge < -0.3 is 15.0 Å². The first kappa shape index (κ1) is 12.9. The zero-order valence-corrected chi connectivity index (χ0v) is 11.9. The largest absolute Gasteiger partial charge is 0.497 e. The number of fused-ring (bicyclic) bond motifs is 1. The standard InChI is InChI=1S/C16H15ClN2O/c1-20-13-7-11(6-12(18)8-13)9-19-10-15(17)14-4-2-3-5-16(14)19/h2-8,10H,9,18H2,1H3. The van der Waals surface area contributed by atoms with Gasteiger partial charge in [0.2, 0.25) is 0 Å². The summed E-state index contributed by atoms with van der Waals surface area (Å²) in [6, 6.07) is 13.8. The molecule has 3 aromatic rings. The van der Waals surface area contributed by atoms with Crippen LogP contribution in [0.4, 0.5) is 5.69 Å². The Morgan fingerprint density at radius 1 is 1.20 bits per heavy atom. The highest BCUT2D eigenvalue weighted by Gasteiger charge is 2.07. The van der Waals surface area contributed by atoms with Gasteiger partial charge in [-0.1, -0.05) is 29.8 Å². The van der Waals surface area contributed by atoms with Crippen LogP contribution in [0, 0.1) is 0 Å². The van der Waals surface area contributed by atoms with Gasteiger partial charge in [0.15, 0.2) is 0 Å². The zero-order valence-electron chi connectivity index (χ0n) is 11.1. The van der Waals surface area contributed by atoms with E-state index in [4.69, 9.17) is 22.1 Å². The molecular weight excluding hydrogens is 272 g/mol. The summed E-state index contributed by atoms with van der Waals surface area (Å²) in [6.45, 7) is 0.703. The highest BCUT2D eigenvalue weighted by atomic mass is 35.5. The summed E-state index contributed by atoms with van der Waals surface area (Å²) in [5.74, 6) is 0.766. The lowest BCUT2D eigenvalue weighted by Gasteiger charge is -2.09. The van der Waals surface area contributed by atoms with Crippen LogP contribution >= 0.6 is 11.6 Å². The number of methoxy groups -OCH3 is 1. The monoisotopic (exact) mass is 286 g/mol. The van der Waals surface area contributed by atoms with Crippen molar-refractivity contribution in [2.24, 2.45) is 0 Å². The van der Waals surface area contributed by atoms with Gasteiger partial charge in [-0.05, 0) is 23.8 Å². The van der Waals surface area contributed by atoms with Gasteiger partial charge in [-0.15, -0.1) is 0 Å². The van der Waals surface area contributed by atoms with E-state index in [9.17, 15) is 0 Å². The second-order valence-corrected chi connectivity index (χ2v) is 5.14. The first-order chi connectivity index (χ1) is 9.67. The molecule has 0 fully saturated rings. The fraction of sp³-hybridized carbons (Fsp3) is 0.125. The third kappa shape index (κ3) is 2.32. The fourth-order valence-electron chi connectivity index (χ4n) is 2.42. The van der Waals surface area contributed by atoms with Crippen molar-refractivity contribution in [1.29, 1.82) is 0 Å². The molecule has 4 heteroatoms. The quantitative estimate of drug-likeness (QED) is 0.741. The van der Waals surface area contributed by atoms with Crippen molar-refractivity contribution in [3.8, 4) is 5.75 Å². The van der Waals surface area contributed by atoms with Crippen molar-refractivity contribution >= 4 is 28.2 Å².